The fraction of sp³-hybridized carbons (Fsp3) is 0.222. The number of benzene rings is 3. The van der Waals surface area contributed by atoms with Gasteiger partial charge in [0.15, 0.2) is 4.80 Å². The standard InChI is InChI=1S/C36H33N3O6S/c1-7-45-35(42)30-21(3)37-36-39(32(30)31-27-11-9-8-10-23(27)14-17-28(31)43-5)33(40)29(46-36)19-25-18-20(2)38(22(25)4)26-15-12-24(13-16-26)34(41)44-6/h8-19,32H,7H2,1-6H3/b29-19+/t32-/m0/s1. The van der Waals surface area contributed by atoms with Gasteiger partial charge in [0.25, 0.3) is 5.56 Å². The number of fused-ring (bicyclic) bond motifs is 2. The molecule has 3 heterocycles. The lowest BCUT2D eigenvalue weighted by atomic mass is 9.90. The summed E-state index contributed by atoms with van der Waals surface area (Å²) in [6.07, 6.45) is 1.87. The predicted molar refractivity (Wildman–Crippen MR) is 177 cm³/mol. The Hall–Kier alpha value is -5.22. The molecule has 5 aromatic rings. The summed E-state index contributed by atoms with van der Waals surface area (Å²) in [5, 5.41) is 1.81. The predicted octanol–water partition coefficient (Wildman–Crippen LogP) is 5.15. The molecule has 3 aromatic carbocycles. The third-order valence-electron chi connectivity index (χ3n) is 8.24. The van der Waals surface area contributed by atoms with Crippen LogP contribution in [0.25, 0.3) is 22.5 Å². The minimum Gasteiger partial charge on any atom is -0.496 e. The summed E-state index contributed by atoms with van der Waals surface area (Å²) in [6.45, 7) is 7.67. The molecule has 2 aromatic heterocycles. The highest BCUT2D eigenvalue weighted by atomic mass is 32.1. The van der Waals surface area contributed by atoms with Crippen LogP contribution in [-0.4, -0.2) is 41.9 Å². The first-order valence-corrected chi connectivity index (χ1v) is 15.6. The van der Waals surface area contributed by atoms with Gasteiger partial charge in [0.2, 0.25) is 0 Å². The molecule has 9 nitrogen and oxygen atoms in total. The van der Waals surface area contributed by atoms with E-state index in [1.807, 2.05) is 74.5 Å². The van der Waals surface area contributed by atoms with Gasteiger partial charge in [-0.3, -0.25) is 9.36 Å². The number of hydrogen-bond acceptors (Lipinski definition) is 8. The van der Waals surface area contributed by atoms with Crippen LogP contribution in [0.2, 0.25) is 0 Å². The van der Waals surface area contributed by atoms with E-state index in [9.17, 15) is 14.4 Å². The Morgan fingerprint density at radius 1 is 0.978 bits per heavy atom. The number of carbonyl (C=O) groups excluding carboxylic acids is 2. The molecule has 1 atom stereocenters. The van der Waals surface area contributed by atoms with E-state index in [2.05, 4.69) is 4.57 Å². The Balaban J connectivity index is 1.55. The molecule has 0 saturated heterocycles. The van der Waals surface area contributed by atoms with E-state index in [-0.39, 0.29) is 12.2 Å². The van der Waals surface area contributed by atoms with E-state index in [1.165, 1.54) is 18.4 Å². The highest BCUT2D eigenvalue weighted by molar-refractivity contribution is 7.07. The second-order valence-electron chi connectivity index (χ2n) is 10.9. The summed E-state index contributed by atoms with van der Waals surface area (Å²) in [4.78, 5) is 45.1. The number of hydrogen-bond donors (Lipinski definition) is 0. The minimum atomic E-state index is -0.820. The van der Waals surface area contributed by atoms with Crippen molar-refractivity contribution in [1.29, 1.82) is 0 Å². The largest absolute Gasteiger partial charge is 0.496 e. The zero-order chi connectivity index (χ0) is 32.7. The van der Waals surface area contributed by atoms with Crippen molar-refractivity contribution >= 4 is 40.1 Å². The fourth-order valence-electron chi connectivity index (χ4n) is 6.14. The van der Waals surface area contributed by atoms with Crippen molar-refractivity contribution in [2.24, 2.45) is 4.99 Å². The van der Waals surface area contributed by atoms with Gasteiger partial charge in [0.1, 0.15) is 11.8 Å². The zero-order valence-electron chi connectivity index (χ0n) is 26.4. The number of allylic oxidation sites excluding steroid dienone is 1. The van der Waals surface area contributed by atoms with Crippen molar-refractivity contribution < 1.29 is 23.8 Å². The molecule has 0 spiro atoms. The smallest absolute Gasteiger partial charge is 0.338 e. The number of nitrogens with zero attached hydrogens (tertiary/aromatic N) is 3. The number of carbonyl (C=O) groups is 2. The van der Waals surface area contributed by atoms with E-state index < -0.39 is 18.0 Å². The summed E-state index contributed by atoms with van der Waals surface area (Å²) < 4.78 is 20.3. The van der Waals surface area contributed by atoms with Gasteiger partial charge in [-0.2, -0.15) is 0 Å². The number of rotatable bonds is 7. The molecule has 6 rings (SSSR count). The van der Waals surface area contributed by atoms with Gasteiger partial charge < -0.3 is 18.8 Å². The SMILES string of the molecule is CCOC(=O)C1=C(C)N=c2s/c(=C/c3cc(C)n(-c4ccc(C(=O)OC)cc4)c3C)c(=O)n2[C@@H]1c1c(OC)ccc2ccccc12. The monoisotopic (exact) mass is 635 g/mol. The fourth-order valence-corrected chi connectivity index (χ4v) is 7.17. The molecular weight excluding hydrogens is 602 g/mol. The average Bonchev–Trinajstić information content (AvgIpc) is 3.52. The topological polar surface area (TPSA) is 101 Å². The van der Waals surface area contributed by atoms with Crippen LogP contribution in [0.15, 0.2) is 87.8 Å². The van der Waals surface area contributed by atoms with Crippen molar-refractivity contribution in [3.05, 3.63) is 126 Å². The average molecular weight is 636 g/mol. The van der Waals surface area contributed by atoms with E-state index in [4.69, 9.17) is 19.2 Å². The molecule has 0 N–H and O–H groups in total. The van der Waals surface area contributed by atoms with Gasteiger partial charge in [-0.1, -0.05) is 41.7 Å². The zero-order valence-corrected chi connectivity index (χ0v) is 27.2. The van der Waals surface area contributed by atoms with Crippen molar-refractivity contribution in [3.8, 4) is 11.4 Å². The number of ether oxygens (including phenoxy) is 3. The van der Waals surface area contributed by atoms with Gasteiger partial charge in [0, 0.05) is 22.6 Å². The number of methoxy groups -OCH3 is 2. The molecule has 0 fully saturated rings. The maximum atomic E-state index is 14.4. The lowest BCUT2D eigenvalue weighted by molar-refractivity contribution is -0.139. The first kappa shape index (κ1) is 30.8. The molecule has 0 bridgehead atoms. The molecule has 0 radical (unpaired) electrons. The molecule has 0 aliphatic carbocycles. The minimum absolute atomic E-state index is 0.181. The maximum absolute atomic E-state index is 14.4. The molecule has 1 aliphatic heterocycles. The quantitative estimate of drug-likeness (QED) is 0.229. The Labute approximate surface area is 269 Å². The summed E-state index contributed by atoms with van der Waals surface area (Å²) in [7, 11) is 2.93. The highest BCUT2D eigenvalue weighted by Crippen LogP contribution is 2.40. The van der Waals surface area contributed by atoms with Crippen LogP contribution in [0.4, 0.5) is 0 Å². The van der Waals surface area contributed by atoms with Gasteiger partial charge in [-0.05, 0) is 86.5 Å². The summed E-state index contributed by atoms with van der Waals surface area (Å²) in [5.41, 5.74) is 5.28. The molecule has 1 aliphatic rings. The normalized spacial score (nSPS) is 14.7. The Bertz CT molecular complexity index is 2240. The van der Waals surface area contributed by atoms with Crippen LogP contribution in [0.1, 0.15) is 52.8 Å². The van der Waals surface area contributed by atoms with Crippen LogP contribution >= 0.6 is 11.3 Å². The molecule has 0 unspecified atom stereocenters. The molecule has 46 heavy (non-hydrogen) atoms. The van der Waals surface area contributed by atoms with Crippen molar-refractivity contribution in [3.63, 3.8) is 0 Å². The van der Waals surface area contributed by atoms with Crippen LogP contribution in [0, 0.1) is 13.8 Å². The highest BCUT2D eigenvalue weighted by Gasteiger charge is 2.36. The number of aromatic nitrogens is 2. The number of thiazole rings is 1. The van der Waals surface area contributed by atoms with E-state index in [1.54, 1.807) is 37.7 Å². The first-order valence-electron chi connectivity index (χ1n) is 14.8. The third kappa shape index (κ3) is 5.14. The van der Waals surface area contributed by atoms with E-state index in [0.29, 0.717) is 37.5 Å². The lowest BCUT2D eigenvalue weighted by Crippen LogP contribution is -2.40. The third-order valence-corrected chi connectivity index (χ3v) is 9.23. The maximum Gasteiger partial charge on any atom is 0.338 e. The summed E-state index contributed by atoms with van der Waals surface area (Å²) in [6, 6.07) is 20.0. The Kier molecular flexibility index (Phi) is 8.22. The Morgan fingerprint density at radius 2 is 1.72 bits per heavy atom. The second kappa shape index (κ2) is 12.3. The van der Waals surface area contributed by atoms with E-state index >= 15 is 0 Å². The van der Waals surface area contributed by atoms with Crippen LogP contribution in [-0.2, 0) is 14.3 Å². The molecule has 0 amide bonds. The van der Waals surface area contributed by atoms with Gasteiger partial charge in [-0.25, -0.2) is 14.6 Å². The van der Waals surface area contributed by atoms with Gasteiger partial charge in [-0.15, -0.1) is 0 Å². The second-order valence-corrected chi connectivity index (χ2v) is 11.9. The van der Waals surface area contributed by atoms with Crippen molar-refractivity contribution in [1.82, 2.24) is 9.13 Å². The van der Waals surface area contributed by atoms with Gasteiger partial charge in [0.05, 0.1) is 42.2 Å². The molecule has 10 heteroatoms. The van der Waals surface area contributed by atoms with Gasteiger partial charge >= 0.3 is 11.9 Å². The lowest BCUT2D eigenvalue weighted by Gasteiger charge is -2.27. The number of aryl methyl sites for hydroxylation is 1. The van der Waals surface area contributed by atoms with Crippen molar-refractivity contribution in [2.45, 2.75) is 33.7 Å². The first-order chi connectivity index (χ1) is 22.2. The summed E-state index contributed by atoms with van der Waals surface area (Å²) >= 11 is 1.27. The Morgan fingerprint density at radius 3 is 2.41 bits per heavy atom. The number of esters is 2. The molecular formula is C36H33N3O6S. The van der Waals surface area contributed by atoms with Crippen LogP contribution in [0.5, 0.6) is 5.75 Å². The van der Waals surface area contributed by atoms with E-state index in [0.717, 1.165) is 33.4 Å². The van der Waals surface area contributed by atoms with Crippen LogP contribution < -0.4 is 19.6 Å². The summed E-state index contributed by atoms with van der Waals surface area (Å²) in [5.74, 6) is -0.374. The molecule has 234 valence electrons. The molecule has 0 saturated carbocycles. The van der Waals surface area contributed by atoms with Crippen LogP contribution in [0.3, 0.4) is 0 Å². The van der Waals surface area contributed by atoms with Crippen molar-refractivity contribution in [2.75, 3.05) is 20.8 Å².